The van der Waals surface area contributed by atoms with Gasteiger partial charge in [0.1, 0.15) is 6.61 Å². The van der Waals surface area contributed by atoms with Crippen molar-refractivity contribution in [1.82, 2.24) is 0 Å². The van der Waals surface area contributed by atoms with Gasteiger partial charge in [0.05, 0.1) is 13.2 Å². The van der Waals surface area contributed by atoms with Gasteiger partial charge in [-0.25, -0.2) is 4.57 Å². The van der Waals surface area contributed by atoms with Crippen molar-refractivity contribution in [2.75, 3.05) is 26.4 Å². The number of hydrogen-bond donors (Lipinski definition) is 2. The highest BCUT2D eigenvalue weighted by Crippen LogP contribution is 2.43. The molecule has 0 aromatic rings. The van der Waals surface area contributed by atoms with E-state index in [1.165, 1.54) is 103 Å². The van der Waals surface area contributed by atoms with Crippen molar-refractivity contribution in [3.05, 3.63) is 24.3 Å². The number of ether oxygens (including phenoxy) is 2. The first kappa shape index (κ1) is 49.5. The van der Waals surface area contributed by atoms with Crippen molar-refractivity contribution in [3.8, 4) is 0 Å². The number of rotatable bonds is 39. The average molecular weight is 744 g/mol. The Labute approximate surface area is 312 Å². The number of carbonyl (C=O) groups is 2. The quantitative estimate of drug-likeness (QED) is 0.0273. The second-order valence-electron chi connectivity index (χ2n) is 13.9. The number of unbranched alkanes of at least 4 members (excludes halogenated alkanes) is 23. The van der Waals surface area contributed by atoms with Crippen LogP contribution in [-0.2, 0) is 32.7 Å². The number of phosphoric ester groups is 1. The van der Waals surface area contributed by atoms with Crippen molar-refractivity contribution >= 4 is 19.8 Å². The summed E-state index contributed by atoms with van der Waals surface area (Å²) in [4.78, 5) is 34.8. The Bertz CT molecular complexity index is 897. The molecule has 0 amide bonds. The monoisotopic (exact) mass is 744 g/mol. The highest BCUT2D eigenvalue weighted by atomic mass is 31.2. The highest BCUT2D eigenvalue weighted by molar-refractivity contribution is 7.47. The molecule has 0 spiro atoms. The molecule has 0 aromatic carbocycles. The van der Waals surface area contributed by atoms with Crippen molar-refractivity contribution in [3.63, 3.8) is 0 Å². The minimum atomic E-state index is -4.37. The van der Waals surface area contributed by atoms with E-state index in [2.05, 4.69) is 38.2 Å². The summed E-state index contributed by atoms with van der Waals surface area (Å²) in [5, 5.41) is 0. The molecular formula is C41H78NO8P. The lowest BCUT2D eigenvalue weighted by molar-refractivity contribution is -0.161. The van der Waals surface area contributed by atoms with Crippen molar-refractivity contribution in [1.29, 1.82) is 0 Å². The van der Waals surface area contributed by atoms with E-state index in [-0.39, 0.29) is 32.6 Å². The largest absolute Gasteiger partial charge is 0.472 e. The van der Waals surface area contributed by atoms with Gasteiger partial charge in [-0.15, -0.1) is 0 Å². The summed E-state index contributed by atoms with van der Waals surface area (Å²) < 4.78 is 32.7. The second-order valence-corrected chi connectivity index (χ2v) is 15.3. The predicted molar refractivity (Wildman–Crippen MR) is 211 cm³/mol. The normalized spacial score (nSPS) is 13.6. The maximum Gasteiger partial charge on any atom is 0.472 e. The van der Waals surface area contributed by atoms with Crippen molar-refractivity contribution in [2.24, 2.45) is 5.73 Å². The molecule has 1 unspecified atom stereocenters. The van der Waals surface area contributed by atoms with E-state index in [9.17, 15) is 19.0 Å². The van der Waals surface area contributed by atoms with Gasteiger partial charge in [-0.1, -0.05) is 167 Å². The lowest BCUT2D eigenvalue weighted by Crippen LogP contribution is -2.29. The van der Waals surface area contributed by atoms with Crippen LogP contribution >= 0.6 is 7.82 Å². The summed E-state index contributed by atoms with van der Waals surface area (Å²) in [6, 6.07) is 0. The maximum absolute atomic E-state index is 12.6. The summed E-state index contributed by atoms with van der Waals surface area (Å²) in [5.41, 5.74) is 5.34. The molecule has 0 rings (SSSR count). The lowest BCUT2D eigenvalue weighted by atomic mass is 10.0. The van der Waals surface area contributed by atoms with E-state index in [0.717, 1.165) is 51.4 Å². The third kappa shape index (κ3) is 38.0. The molecule has 0 aliphatic rings. The topological polar surface area (TPSA) is 134 Å². The standard InChI is InChI=1S/C41H78NO8P/c1-3-5-7-9-11-13-15-17-19-21-23-25-27-29-31-33-40(43)47-37-39(38-49-51(45,46)48-36-35-42)50-41(44)34-32-30-28-26-24-22-20-18-16-14-12-10-8-6-4-2/h13,15,17,19,39H,3-12,14,16,18,20-38,42H2,1-2H3,(H,45,46)/b15-13+,19-17+/t39-/m1/s1. The second kappa shape index (κ2) is 38.2. The van der Waals surface area contributed by atoms with Crippen LogP contribution in [0.5, 0.6) is 0 Å². The molecule has 0 aromatic heterocycles. The van der Waals surface area contributed by atoms with Crippen LogP contribution < -0.4 is 5.73 Å². The maximum atomic E-state index is 12.6. The van der Waals surface area contributed by atoms with Gasteiger partial charge < -0.3 is 20.1 Å². The molecule has 0 saturated heterocycles. The number of allylic oxidation sites excluding steroid dienone is 4. The number of carbonyl (C=O) groups excluding carboxylic acids is 2. The molecule has 0 aliphatic heterocycles. The van der Waals surface area contributed by atoms with Crippen LogP contribution in [0.25, 0.3) is 0 Å². The fourth-order valence-electron chi connectivity index (χ4n) is 5.74. The van der Waals surface area contributed by atoms with Crippen LogP contribution in [0.15, 0.2) is 24.3 Å². The van der Waals surface area contributed by atoms with E-state index < -0.39 is 32.5 Å². The van der Waals surface area contributed by atoms with Gasteiger partial charge in [0.2, 0.25) is 0 Å². The van der Waals surface area contributed by atoms with E-state index in [1.807, 2.05) is 0 Å². The molecule has 0 heterocycles. The number of esters is 2. The average Bonchev–Trinajstić information content (AvgIpc) is 3.11. The summed E-state index contributed by atoms with van der Waals surface area (Å²) in [5.74, 6) is -0.840. The molecule has 3 N–H and O–H groups in total. The zero-order valence-electron chi connectivity index (χ0n) is 32.8. The van der Waals surface area contributed by atoms with E-state index >= 15 is 0 Å². The third-order valence-electron chi connectivity index (χ3n) is 8.87. The summed E-state index contributed by atoms with van der Waals surface area (Å²) in [6.07, 6.45) is 39.1. The van der Waals surface area contributed by atoms with Crippen LogP contribution in [0.2, 0.25) is 0 Å². The molecule has 300 valence electrons. The molecule has 0 radical (unpaired) electrons. The lowest BCUT2D eigenvalue weighted by Gasteiger charge is -2.19. The molecule has 0 aliphatic carbocycles. The van der Waals surface area contributed by atoms with Gasteiger partial charge in [0.15, 0.2) is 6.10 Å². The fraction of sp³-hybridized carbons (Fsp3) is 0.854. The minimum Gasteiger partial charge on any atom is -0.462 e. The van der Waals surface area contributed by atoms with E-state index in [1.54, 1.807) is 0 Å². The number of hydrogen-bond acceptors (Lipinski definition) is 8. The predicted octanol–water partition coefficient (Wildman–Crippen LogP) is 11.6. The first-order chi connectivity index (χ1) is 24.8. The fourth-order valence-corrected chi connectivity index (χ4v) is 6.51. The zero-order valence-corrected chi connectivity index (χ0v) is 33.7. The van der Waals surface area contributed by atoms with Gasteiger partial charge in [-0.3, -0.25) is 18.6 Å². The Kier molecular flexibility index (Phi) is 37.1. The molecule has 9 nitrogen and oxygen atoms in total. The first-order valence-electron chi connectivity index (χ1n) is 20.8. The molecule has 0 bridgehead atoms. The molecule has 0 saturated carbocycles. The first-order valence-corrected chi connectivity index (χ1v) is 22.3. The van der Waals surface area contributed by atoms with Gasteiger partial charge >= 0.3 is 19.8 Å². The van der Waals surface area contributed by atoms with Gasteiger partial charge in [-0.2, -0.15) is 0 Å². The Balaban J connectivity index is 4.19. The van der Waals surface area contributed by atoms with Crippen LogP contribution in [0.4, 0.5) is 0 Å². The molecule has 2 atom stereocenters. The Morgan fingerprint density at radius 2 is 1.00 bits per heavy atom. The minimum absolute atomic E-state index is 0.0527. The Morgan fingerprint density at radius 1 is 0.588 bits per heavy atom. The van der Waals surface area contributed by atoms with Crippen molar-refractivity contribution in [2.45, 2.75) is 200 Å². The number of nitrogens with two attached hydrogens (primary N) is 1. The Hall–Kier alpha value is -1.51. The van der Waals surface area contributed by atoms with Crippen LogP contribution in [0.3, 0.4) is 0 Å². The molecule has 0 fully saturated rings. The highest BCUT2D eigenvalue weighted by Gasteiger charge is 2.26. The van der Waals surface area contributed by atoms with E-state index in [0.29, 0.717) is 12.8 Å². The van der Waals surface area contributed by atoms with E-state index in [4.69, 9.17) is 24.3 Å². The summed E-state index contributed by atoms with van der Waals surface area (Å²) in [7, 11) is -4.37. The summed E-state index contributed by atoms with van der Waals surface area (Å²) >= 11 is 0. The molecular weight excluding hydrogens is 665 g/mol. The van der Waals surface area contributed by atoms with Crippen molar-refractivity contribution < 1.29 is 37.6 Å². The van der Waals surface area contributed by atoms with Crippen LogP contribution in [0.1, 0.15) is 194 Å². The smallest absolute Gasteiger partial charge is 0.462 e. The third-order valence-corrected chi connectivity index (χ3v) is 9.85. The van der Waals surface area contributed by atoms with Gasteiger partial charge in [0, 0.05) is 19.4 Å². The SMILES string of the molecule is CCCCCC/C=C/C=C/CCCCCCCC(=O)OC[C@H](COP(=O)(O)OCCN)OC(=O)CCCCCCCCCCCCCCCCC. The number of phosphoric acid groups is 1. The van der Waals surface area contributed by atoms with Gasteiger partial charge in [-0.05, 0) is 38.5 Å². The zero-order chi connectivity index (χ0) is 37.5. The van der Waals surface area contributed by atoms with Crippen LogP contribution in [-0.4, -0.2) is 49.3 Å². The summed E-state index contributed by atoms with van der Waals surface area (Å²) in [6.45, 7) is 3.70. The Morgan fingerprint density at radius 3 is 1.47 bits per heavy atom. The molecule has 51 heavy (non-hydrogen) atoms. The van der Waals surface area contributed by atoms with Gasteiger partial charge in [0.25, 0.3) is 0 Å². The molecule has 10 heteroatoms. The van der Waals surface area contributed by atoms with Crippen LogP contribution in [0, 0.1) is 0 Å².